The minimum atomic E-state index is 0. The van der Waals surface area contributed by atoms with Crippen LogP contribution in [0.15, 0.2) is 62.3 Å². The van der Waals surface area contributed by atoms with Crippen molar-refractivity contribution in [2.75, 3.05) is 0 Å². The van der Waals surface area contributed by atoms with Gasteiger partial charge in [-0.25, -0.2) is 0 Å². The molecular weight excluding hydrogens is 144 g/mol. The fourth-order valence-corrected chi connectivity index (χ4v) is 0.326. The molecule has 0 atom stereocenters. The minimum Gasteiger partial charge on any atom is -0.106 e. The van der Waals surface area contributed by atoms with E-state index in [4.69, 9.17) is 0 Å². The van der Waals surface area contributed by atoms with E-state index in [1.807, 2.05) is 19.1 Å². The maximum Gasteiger partial charge on any atom is -0.0305 e. The van der Waals surface area contributed by atoms with E-state index in [0.29, 0.717) is 0 Å². The van der Waals surface area contributed by atoms with Crippen molar-refractivity contribution in [3.63, 3.8) is 0 Å². The quantitative estimate of drug-likeness (QED) is 0.431. The van der Waals surface area contributed by atoms with E-state index in [0.717, 1.165) is 11.1 Å². The van der Waals surface area contributed by atoms with Crippen molar-refractivity contribution < 1.29 is 0 Å². The van der Waals surface area contributed by atoms with Gasteiger partial charge in [-0.3, -0.25) is 0 Å². The molecule has 0 radical (unpaired) electrons. The van der Waals surface area contributed by atoms with Gasteiger partial charge >= 0.3 is 0 Å². The highest BCUT2D eigenvalue weighted by Crippen LogP contribution is 2.03. The van der Waals surface area contributed by atoms with Crippen molar-refractivity contribution >= 4 is 0 Å². The SMILES string of the molecule is C.C=C.C=C/C=C\C(=C)C(=C)C. The molecule has 0 amide bonds. The van der Waals surface area contributed by atoms with Crippen LogP contribution in [0.25, 0.3) is 0 Å². The molecule has 0 nitrogen and oxygen atoms in total. The summed E-state index contributed by atoms with van der Waals surface area (Å²) in [4.78, 5) is 0. The molecule has 0 aliphatic heterocycles. The topological polar surface area (TPSA) is 0 Å². The van der Waals surface area contributed by atoms with Gasteiger partial charge in [0, 0.05) is 0 Å². The van der Waals surface area contributed by atoms with Crippen LogP contribution in [-0.2, 0) is 0 Å². The molecular formula is C12H20. The van der Waals surface area contributed by atoms with Crippen LogP contribution in [0.5, 0.6) is 0 Å². The molecule has 0 unspecified atom stereocenters. The first kappa shape index (κ1) is 17.0. The Balaban J connectivity index is -0.000000249. The van der Waals surface area contributed by atoms with E-state index in [2.05, 4.69) is 32.9 Å². The van der Waals surface area contributed by atoms with E-state index in [-0.39, 0.29) is 7.43 Å². The van der Waals surface area contributed by atoms with Crippen molar-refractivity contribution in [3.05, 3.63) is 62.3 Å². The lowest BCUT2D eigenvalue weighted by Crippen LogP contribution is -1.72. The number of rotatable bonds is 3. The van der Waals surface area contributed by atoms with Crippen LogP contribution in [0.3, 0.4) is 0 Å². The van der Waals surface area contributed by atoms with Gasteiger partial charge in [0.15, 0.2) is 0 Å². The molecule has 0 aliphatic rings. The molecule has 0 aromatic rings. The third-order valence-electron chi connectivity index (χ3n) is 0.982. The molecule has 0 N–H and O–H groups in total. The number of allylic oxidation sites excluding steroid dienone is 5. The largest absolute Gasteiger partial charge is 0.106 e. The van der Waals surface area contributed by atoms with Crippen LogP contribution in [0, 0.1) is 0 Å². The second-order valence-electron chi connectivity index (χ2n) is 1.90. The standard InChI is InChI=1S/C9H12.C2H4.CH4/c1-5-6-7-9(4)8(2)3;1-2;/h5-7H,1-2,4H2,3H3;1-2H2;1H4/b7-6-;;. The van der Waals surface area contributed by atoms with Crippen molar-refractivity contribution in [2.45, 2.75) is 14.4 Å². The summed E-state index contributed by atoms with van der Waals surface area (Å²) in [7, 11) is 0. The monoisotopic (exact) mass is 164 g/mol. The maximum absolute atomic E-state index is 3.76. The minimum absolute atomic E-state index is 0. The Morgan fingerprint density at radius 1 is 1.17 bits per heavy atom. The Kier molecular flexibility index (Phi) is 17.5. The molecule has 0 aliphatic carbocycles. The highest BCUT2D eigenvalue weighted by Gasteiger charge is 1.83. The van der Waals surface area contributed by atoms with Gasteiger partial charge in [-0.15, -0.1) is 13.2 Å². The summed E-state index contributed by atoms with van der Waals surface area (Å²) < 4.78 is 0. The Morgan fingerprint density at radius 2 is 1.58 bits per heavy atom. The van der Waals surface area contributed by atoms with Crippen molar-refractivity contribution in [3.8, 4) is 0 Å². The van der Waals surface area contributed by atoms with Crippen LogP contribution < -0.4 is 0 Å². The van der Waals surface area contributed by atoms with Gasteiger partial charge in [0.05, 0.1) is 0 Å². The molecule has 0 rings (SSSR count). The Hall–Kier alpha value is -1.30. The fraction of sp³-hybridized carbons (Fsp3) is 0.167. The summed E-state index contributed by atoms with van der Waals surface area (Å²) in [6, 6.07) is 0. The maximum atomic E-state index is 3.76. The van der Waals surface area contributed by atoms with E-state index in [1.54, 1.807) is 6.08 Å². The molecule has 0 spiro atoms. The summed E-state index contributed by atoms with van der Waals surface area (Å²) in [6.07, 6.45) is 5.44. The number of hydrogen-bond donors (Lipinski definition) is 0. The first-order chi connectivity index (χ1) is 5.18. The molecule has 0 fully saturated rings. The van der Waals surface area contributed by atoms with Crippen molar-refractivity contribution in [2.24, 2.45) is 0 Å². The van der Waals surface area contributed by atoms with Crippen LogP contribution in [0.2, 0.25) is 0 Å². The Bertz CT molecular complexity index is 170. The fourth-order valence-electron chi connectivity index (χ4n) is 0.326. The Labute approximate surface area is 77.3 Å². The molecule has 0 bridgehead atoms. The van der Waals surface area contributed by atoms with Crippen LogP contribution in [0.4, 0.5) is 0 Å². The molecule has 68 valence electrons. The summed E-state index contributed by atoms with van der Waals surface area (Å²) in [5.74, 6) is 0. The second-order valence-corrected chi connectivity index (χ2v) is 1.90. The predicted molar refractivity (Wildman–Crippen MR) is 61.3 cm³/mol. The zero-order chi connectivity index (χ0) is 9.28. The van der Waals surface area contributed by atoms with E-state index in [9.17, 15) is 0 Å². The second kappa shape index (κ2) is 12.4. The van der Waals surface area contributed by atoms with Gasteiger partial charge in [-0.2, -0.15) is 0 Å². The molecule has 0 aromatic heterocycles. The molecule has 0 heterocycles. The van der Waals surface area contributed by atoms with Gasteiger partial charge in [0.25, 0.3) is 0 Å². The molecule has 0 saturated heterocycles. The molecule has 12 heavy (non-hydrogen) atoms. The lowest BCUT2D eigenvalue weighted by Gasteiger charge is -1.92. The van der Waals surface area contributed by atoms with Crippen molar-refractivity contribution in [1.82, 2.24) is 0 Å². The van der Waals surface area contributed by atoms with Gasteiger partial charge < -0.3 is 0 Å². The van der Waals surface area contributed by atoms with Gasteiger partial charge in [-0.1, -0.05) is 51.0 Å². The molecule has 0 saturated carbocycles. The summed E-state index contributed by atoms with van der Waals surface area (Å²) >= 11 is 0. The summed E-state index contributed by atoms with van der Waals surface area (Å²) in [6.45, 7) is 18.9. The molecule has 0 heteroatoms. The van der Waals surface area contributed by atoms with Crippen molar-refractivity contribution in [1.29, 1.82) is 0 Å². The predicted octanol–water partition coefficient (Wildman–Crippen LogP) is 4.30. The highest BCUT2D eigenvalue weighted by atomic mass is 13.9. The number of hydrogen-bond acceptors (Lipinski definition) is 0. The average Bonchev–Trinajstić information content (AvgIpc) is 2.03. The van der Waals surface area contributed by atoms with E-state index < -0.39 is 0 Å². The normalized spacial score (nSPS) is 7.42. The van der Waals surface area contributed by atoms with Crippen LogP contribution in [0.1, 0.15) is 14.4 Å². The first-order valence-electron chi connectivity index (χ1n) is 3.32. The first-order valence-corrected chi connectivity index (χ1v) is 3.32. The third kappa shape index (κ3) is 11.5. The Morgan fingerprint density at radius 3 is 1.83 bits per heavy atom. The van der Waals surface area contributed by atoms with Crippen LogP contribution in [-0.4, -0.2) is 0 Å². The third-order valence-corrected chi connectivity index (χ3v) is 0.982. The van der Waals surface area contributed by atoms with Crippen LogP contribution >= 0.6 is 0 Å². The van der Waals surface area contributed by atoms with E-state index >= 15 is 0 Å². The average molecular weight is 164 g/mol. The summed E-state index contributed by atoms with van der Waals surface area (Å²) in [5, 5.41) is 0. The lowest BCUT2D eigenvalue weighted by atomic mass is 10.1. The van der Waals surface area contributed by atoms with Gasteiger partial charge in [0.2, 0.25) is 0 Å². The zero-order valence-electron chi connectivity index (χ0n) is 7.27. The molecule has 0 aromatic carbocycles. The zero-order valence-corrected chi connectivity index (χ0v) is 7.27. The lowest BCUT2D eigenvalue weighted by molar-refractivity contribution is 1.47. The summed E-state index contributed by atoms with van der Waals surface area (Å²) in [5.41, 5.74) is 1.95. The highest BCUT2D eigenvalue weighted by molar-refractivity contribution is 5.34. The van der Waals surface area contributed by atoms with Gasteiger partial charge in [-0.05, 0) is 12.5 Å². The smallest absolute Gasteiger partial charge is 0.0305 e. The van der Waals surface area contributed by atoms with E-state index in [1.165, 1.54) is 0 Å². The van der Waals surface area contributed by atoms with Gasteiger partial charge in [0.1, 0.15) is 0 Å².